The molecule has 1 heterocycles. The number of carbonyl (C=O) groups is 3. The smallest absolute Gasteiger partial charge is 0.330 e. The number of benzene rings is 1. The molecule has 5 nitrogen and oxygen atoms in total. The van der Waals surface area contributed by atoms with Crippen molar-refractivity contribution in [2.75, 3.05) is 0 Å². The summed E-state index contributed by atoms with van der Waals surface area (Å²) in [7, 11) is 0. The third kappa shape index (κ3) is 1.46. The van der Waals surface area contributed by atoms with Crippen LogP contribution in [0, 0.1) is 6.92 Å². The van der Waals surface area contributed by atoms with E-state index in [1.54, 1.807) is 18.2 Å². The summed E-state index contributed by atoms with van der Waals surface area (Å²) in [5, 5.41) is 0.492. The third-order valence-electron chi connectivity index (χ3n) is 2.22. The molecule has 82 valence electrons. The lowest BCUT2D eigenvalue weighted by atomic mass is 10.1. The largest absolute Gasteiger partial charge is 0.330 e. The molecule has 0 saturated carbocycles. The highest BCUT2D eigenvalue weighted by Crippen LogP contribution is 2.23. The zero-order chi connectivity index (χ0) is 11.9. The van der Waals surface area contributed by atoms with Gasteiger partial charge in [-0.1, -0.05) is 16.7 Å². The van der Waals surface area contributed by atoms with Crippen LogP contribution in [0.3, 0.4) is 0 Å². The van der Waals surface area contributed by atoms with E-state index in [0.717, 1.165) is 12.5 Å². The van der Waals surface area contributed by atoms with Crippen molar-refractivity contribution in [3.63, 3.8) is 0 Å². The fraction of sp³-hybridized carbons (Fsp3) is 0.182. The molecule has 1 aliphatic rings. The molecule has 0 spiro atoms. The van der Waals surface area contributed by atoms with E-state index < -0.39 is 17.8 Å². The fourth-order valence-corrected chi connectivity index (χ4v) is 1.54. The first-order valence-electron chi connectivity index (χ1n) is 4.68. The van der Waals surface area contributed by atoms with Gasteiger partial charge in [0.15, 0.2) is 0 Å². The van der Waals surface area contributed by atoms with Gasteiger partial charge in [0.1, 0.15) is 0 Å². The maximum atomic E-state index is 11.7. The molecule has 0 unspecified atom stereocenters. The summed E-state index contributed by atoms with van der Waals surface area (Å²) in [4.78, 5) is 38.7. The molecule has 0 radical (unpaired) electrons. The maximum absolute atomic E-state index is 11.7. The van der Waals surface area contributed by atoms with Crippen molar-refractivity contribution in [3.8, 4) is 0 Å². The number of nitrogens with zero attached hydrogens (tertiary/aromatic N) is 1. The molecular weight excluding hydrogens is 210 g/mol. The second kappa shape index (κ2) is 3.44. The van der Waals surface area contributed by atoms with Crippen molar-refractivity contribution < 1.29 is 19.2 Å². The average molecular weight is 219 g/mol. The molecule has 2 rings (SSSR count). The van der Waals surface area contributed by atoms with Crippen molar-refractivity contribution >= 4 is 17.8 Å². The molecule has 0 saturated heterocycles. The minimum Gasteiger partial charge on any atom is -0.330 e. The topological polar surface area (TPSA) is 63.7 Å². The van der Waals surface area contributed by atoms with E-state index in [1.807, 2.05) is 6.92 Å². The van der Waals surface area contributed by atoms with Crippen LogP contribution in [-0.4, -0.2) is 22.8 Å². The Morgan fingerprint density at radius 2 is 1.81 bits per heavy atom. The number of amides is 2. The zero-order valence-corrected chi connectivity index (χ0v) is 8.81. The molecule has 1 aromatic rings. The predicted octanol–water partition coefficient (Wildman–Crippen LogP) is 1.07. The van der Waals surface area contributed by atoms with Gasteiger partial charge >= 0.3 is 5.97 Å². The maximum Gasteiger partial charge on any atom is 0.330 e. The van der Waals surface area contributed by atoms with E-state index in [2.05, 4.69) is 4.84 Å². The van der Waals surface area contributed by atoms with Crippen LogP contribution in [0.4, 0.5) is 0 Å². The van der Waals surface area contributed by atoms with E-state index in [4.69, 9.17) is 0 Å². The van der Waals surface area contributed by atoms with Crippen molar-refractivity contribution in [1.29, 1.82) is 0 Å². The van der Waals surface area contributed by atoms with Crippen LogP contribution >= 0.6 is 0 Å². The van der Waals surface area contributed by atoms with Crippen LogP contribution < -0.4 is 0 Å². The third-order valence-corrected chi connectivity index (χ3v) is 2.22. The first-order chi connectivity index (χ1) is 7.50. The molecule has 0 aliphatic carbocycles. The average Bonchev–Trinajstić information content (AvgIpc) is 2.43. The monoisotopic (exact) mass is 219 g/mol. The summed E-state index contributed by atoms with van der Waals surface area (Å²) in [6.45, 7) is 2.95. The van der Waals surface area contributed by atoms with Crippen LogP contribution in [0.5, 0.6) is 0 Å². The molecular formula is C11H9NO4. The number of hydrogen-bond acceptors (Lipinski definition) is 4. The molecule has 0 fully saturated rings. The number of rotatable bonds is 1. The minimum atomic E-state index is -0.703. The molecule has 5 heteroatoms. The summed E-state index contributed by atoms with van der Waals surface area (Å²) in [5.41, 5.74) is 1.40. The van der Waals surface area contributed by atoms with Crippen molar-refractivity contribution in [2.45, 2.75) is 13.8 Å². The fourth-order valence-electron chi connectivity index (χ4n) is 1.54. The molecule has 0 bridgehead atoms. The SMILES string of the molecule is CC(=O)ON1C(=O)c2ccc(C)cc2C1=O. The number of aryl methyl sites for hydroxylation is 1. The number of hydrogen-bond donors (Lipinski definition) is 0. The Morgan fingerprint density at radius 1 is 1.19 bits per heavy atom. The van der Waals surface area contributed by atoms with Gasteiger partial charge in [-0.25, -0.2) is 4.79 Å². The lowest BCUT2D eigenvalue weighted by Gasteiger charge is -2.10. The highest BCUT2D eigenvalue weighted by atomic mass is 16.7. The van der Waals surface area contributed by atoms with Gasteiger partial charge in [-0.3, -0.25) is 9.59 Å². The highest BCUT2D eigenvalue weighted by Gasteiger charge is 2.38. The molecule has 16 heavy (non-hydrogen) atoms. The van der Waals surface area contributed by atoms with Gasteiger partial charge in [0.05, 0.1) is 11.1 Å². The van der Waals surface area contributed by atoms with Crippen molar-refractivity contribution in [2.24, 2.45) is 0 Å². The minimum absolute atomic E-state index is 0.261. The van der Waals surface area contributed by atoms with Crippen LogP contribution in [0.15, 0.2) is 18.2 Å². The van der Waals surface area contributed by atoms with Gasteiger partial charge in [-0.15, -0.1) is 0 Å². The molecule has 1 aliphatic heterocycles. The molecule has 0 atom stereocenters. The normalized spacial score (nSPS) is 14.0. The van der Waals surface area contributed by atoms with E-state index in [0.29, 0.717) is 5.06 Å². The second-order valence-corrected chi connectivity index (χ2v) is 3.54. The van der Waals surface area contributed by atoms with Crippen LogP contribution in [0.25, 0.3) is 0 Å². The molecule has 0 N–H and O–H groups in total. The zero-order valence-electron chi connectivity index (χ0n) is 8.81. The van der Waals surface area contributed by atoms with Gasteiger partial charge in [-0.05, 0) is 19.1 Å². The molecule has 1 aromatic carbocycles. The quantitative estimate of drug-likeness (QED) is 0.663. The Labute approximate surface area is 91.6 Å². The van der Waals surface area contributed by atoms with Crippen LogP contribution in [0.1, 0.15) is 33.2 Å². The summed E-state index contributed by atoms with van der Waals surface area (Å²) in [6.07, 6.45) is 0. The first-order valence-corrected chi connectivity index (χ1v) is 4.68. The Kier molecular flexibility index (Phi) is 2.23. The van der Waals surface area contributed by atoms with Crippen LogP contribution in [0.2, 0.25) is 0 Å². The number of fused-ring (bicyclic) bond motifs is 1. The van der Waals surface area contributed by atoms with Crippen LogP contribution in [-0.2, 0) is 9.63 Å². The van der Waals surface area contributed by atoms with E-state index >= 15 is 0 Å². The summed E-state index contributed by atoms with van der Waals surface area (Å²) < 4.78 is 0. The van der Waals surface area contributed by atoms with Gasteiger partial charge in [0.25, 0.3) is 11.8 Å². The standard InChI is InChI=1S/C11H9NO4/c1-6-3-4-8-9(5-6)11(15)12(10(8)14)16-7(2)13/h3-5H,1-2H3. The molecule has 2 amide bonds. The lowest BCUT2D eigenvalue weighted by Crippen LogP contribution is -2.31. The van der Waals surface area contributed by atoms with Gasteiger partial charge < -0.3 is 4.84 Å². The lowest BCUT2D eigenvalue weighted by molar-refractivity contribution is -0.165. The Hall–Kier alpha value is -2.17. The summed E-state index contributed by atoms with van der Waals surface area (Å²) in [6, 6.07) is 4.87. The summed E-state index contributed by atoms with van der Waals surface area (Å²) in [5.74, 6) is -1.90. The van der Waals surface area contributed by atoms with Crippen molar-refractivity contribution in [1.82, 2.24) is 5.06 Å². The van der Waals surface area contributed by atoms with Crippen molar-refractivity contribution in [3.05, 3.63) is 34.9 Å². The van der Waals surface area contributed by atoms with Gasteiger partial charge in [-0.2, -0.15) is 0 Å². The highest BCUT2D eigenvalue weighted by molar-refractivity contribution is 6.20. The van der Waals surface area contributed by atoms with E-state index in [1.165, 1.54) is 0 Å². The molecule has 0 aromatic heterocycles. The van der Waals surface area contributed by atoms with E-state index in [9.17, 15) is 14.4 Å². The first kappa shape index (κ1) is 10.4. The Bertz CT molecular complexity index is 507. The van der Waals surface area contributed by atoms with Gasteiger partial charge in [0.2, 0.25) is 0 Å². The summed E-state index contributed by atoms with van der Waals surface area (Å²) >= 11 is 0. The predicted molar refractivity (Wildman–Crippen MR) is 53.4 cm³/mol. The van der Waals surface area contributed by atoms with E-state index in [-0.39, 0.29) is 11.1 Å². The number of imide groups is 1. The number of hydroxylamine groups is 2. The Balaban J connectivity index is 2.44. The number of carbonyl (C=O) groups excluding carboxylic acids is 3. The Morgan fingerprint density at radius 3 is 2.44 bits per heavy atom. The van der Waals surface area contributed by atoms with Gasteiger partial charge in [0, 0.05) is 6.92 Å². The second-order valence-electron chi connectivity index (χ2n) is 3.54.